The molecule has 2 aromatic carbocycles. The lowest BCUT2D eigenvalue weighted by Gasteiger charge is -2.22. The lowest BCUT2D eigenvalue weighted by atomic mass is 10.1. The van der Waals surface area contributed by atoms with Crippen LogP contribution in [0.1, 0.15) is 42.3 Å². The number of anilines is 1. The first kappa shape index (κ1) is 25.7. The number of hydrogen-bond acceptors (Lipinski definition) is 7. The maximum Gasteiger partial charge on any atom is 0.260 e. The number of hydrogen-bond donors (Lipinski definition) is 0. The van der Waals surface area contributed by atoms with E-state index in [1.165, 1.54) is 11.3 Å². The van der Waals surface area contributed by atoms with Crippen LogP contribution in [-0.2, 0) is 6.54 Å². The van der Waals surface area contributed by atoms with E-state index < -0.39 is 0 Å². The molecule has 0 aliphatic heterocycles. The molecule has 0 aliphatic rings. The smallest absolute Gasteiger partial charge is 0.260 e. The topological polar surface area (TPSA) is 73.8 Å². The third kappa shape index (κ3) is 5.55. The number of ether oxygens (including phenoxy) is 3. The molecule has 0 aliphatic carbocycles. The number of benzene rings is 2. The standard InChI is InChI=1S/C27H28ClN3O4S/c1-5-33-21-13-19(14-22(34-6-2)25(21)35-7-3)26(32)31(16-18-8-10-29-11-9-18)27-30-24-17(4)12-20(28)15-23(24)36-27/h8-15H,5-7,16H2,1-4H3. The maximum absolute atomic E-state index is 14.1. The highest BCUT2D eigenvalue weighted by Gasteiger charge is 2.26. The summed E-state index contributed by atoms with van der Waals surface area (Å²) in [4.78, 5) is 24.6. The summed E-state index contributed by atoms with van der Waals surface area (Å²) in [6, 6.07) is 10.9. The largest absolute Gasteiger partial charge is 0.490 e. The molecule has 4 rings (SSSR count). The molecule has 0 bridgehead atoms. The molecule has 188 valence electrons. The van der Waals surface area contributed by atoms with Crippen LogP contribution in [-0.4, -0.2) is 35.7 Å². The number of pyridine rings is 1. The van der Waals surface area contributed by atoms with E-state index in [0.29, 0.717) is 59.3 Å². The highest BCUT2D eigenvalue weighted by Crippen LogP contribution is 2.40. The molecule has 0 atom stereocenters. The van der Waals surface area contributed by atoms with Crippen molar-refractivity contribution in [2.45, 2.75) is 34.2 Å². The molecule has 1 amide bonds. The van der Waals surface area contributed by atoms with Gasteiger partial charge >= 0.3 is 0 Å². The van der Waals surface area contributed by atoms with Gasteiger partial charge in [0.1, 0.15) is 0 Å². The molecular formula is C27H28ClN3O4S. The van der Waals surface area contributed by atoms with Gasteiger partial charge in [-0.1, -0.05) is 22.9 Å². The van der Waals surface area contributed by atoms with Crippen molar-refractivity contribution in [3.8, 4) is 17.2 Å². The second-order valence-corrected chi connectivity index (χ2v) is 9.36. The Kier molecular flexibility index (Phi) is 8.28. The van der Waals surface area contributed by atoms with Crippen molar-refractivity contribution in [3.63, 3.8) is 0 Å². The summed E-state index contributed by atoms with van der Waals surface area (Å²) in [5.41, 5.74) is 3.11. The van der Waals surface area contributed by atoms with Gasteiger partial charge in [0.25, 0.3) is 5.91 Å². The molecule has 2 aromatic heterocycles. The fourth-order valence-electron chi connectivity index (χ4n) is 3.82. The van der Waals surface area contributed by atoms with Crippen LogP contribution in [0.25, 0.3) is 10.2 Å². The van der Waals surface area contributed by atoms with Crippen LogP contribution in [0.4, 0.5) is 5.13 Å². The number of fused-ring (bicyclic) bond motifs is 1. The second kappa shape index (κ2) is 11.6. The minimum atomic E-state index is -0.237. The number of thiazole rings is 1. The van der Waals surface area contributed by atoms with Crippen molar-refractivity contribution >= 4 is 44.2 Å². The van der Waals surface area contributed by atoms with Gasteiger partial charge in [-0.25, -0.2) is 4.98 Å². The van der Waals surface area contributed by atoms with Crippen LogP contribution >= 0.6 is 22.9 Å². The van der Waals surface area contributed by atoms with Gasteiger partial charge in [-0.3, -0.25) is 14.7 Å². The Morgan fingerprint density at radius 2 is 1.61 bits per heavy atom. The maximum atomic E-state index is 14.1. The number of carbonyl (C=O) groups excluding carboxylic acids is 1. The van der Waals surface area contributed by atoms with Crippen molar-refractivity contribution in [1.82, 2.24) is 9.97 Å². The Hall–Kier alpha value is -3.36. The summed E-state index contributed by atoms with van der Waals surface area (Å²) in [5, 5.41) is 1.21. The number of carbonyl (C=O) groups is 1. The third-order valence-corrected chi connectivity index (χ3v) is 6.60. The Morgan fingerprint density at radius 1 is 0.972 bits per heavy atom. The highest BCUT2D eigenvalue weighted by molar-refractivity contribution is 7.22. The van der Waals surface area contributed by atoms with E-state index in [4.69, 9.17) is 30.8 Å². The van der Waals surface area contributed by atoms with Gasteiger partial charge in [-0.05, 0) is 75.2 Å². The van der Waals surface area contributed by atoms with Crippen LogP contribution in [0.2, 0.25) is 5.02 Å². The van der Waals surface area contributed by atoms with Gasteiger partial charge in [0.2, 0.25) is 5.75 Å². The van der Waals surface area contributed by atoms with Crippen molar-refractivity contribution in [2.24, 2.45) is 0 Å². The first-order valence-electron chi connectivity index (χ1n) is 11.8. The van der Waals surface area contributed by atoms with Gasteiger partial charge in [0.05, 0.1) is 36.6 Å². The molecule has 0 unspecified atom stereocenters. The number of halogens is 1. The number of amides is 1. The number of aryl methyl sites for hydroxylation is 1. The Labute approximate surface area is 219 Å². The molecule has 36 heavy (non-hydrogen) atoms. The SMILES string of the molecule is CCOc1cc(C(=O)N(Cc2ccncc2)c2nc3c(C)cc(Cl)cc3s2)cc(OCC)c1OCC. The Balaban J connectivity index is 1.83. The Bertz CT molecular complexity index is 1330. The highest BCUT2D eigenvalue weighted by atomic mass is 35.5. The van der Waals surface area contributed by atoms with E-state index >= 15 is 0 Å². The van der Waals surface area contributed by atoms with E-state index in [1.807, 2.05) is 52.0 Å². The van der Waals surface area contributed by atoms with E-state index in [0.717, 1.165) is 21.3 Å². The summed E-state index contributed by atoms with van der Waals surface area (Å²) < 4.78 is 18.4. The average Bonchev–Trinajstić information content (AvgIpc) is 3.29. The quantitative estimate of drug-likeness (QED) is 0.229. The number of nitrogens with zero attached hydrogens (tertiary/aromatic N) is 3. The predicted molar refractivity (Wildman–Crippen MR) is 144 cm³/mol. The van der Waals surface area contributed by atoms with E-state index in [1.54, 1.807) is 29.4 Å². The third-order valence-electron chi connectivity index (χ3n) is 5.36. The van der Waals surface area contributed by atoms with Gasteiger partial charge in [-0.2, -0.15) is 0 Å². The molecule has 0 saturated heterocycles. The predicted octanol–water partition coefficient (Wildman–Crippen LogP) is 6.70. The number of rotatable bonds is 10. The monoisotopic (exact) mass is 525 g/mol. The molecule has 0 N–H and O–H groups in total. The molecule has 0 spiro atoms. The normalized spacial score (nSPS) is 10.9. The molecule has 0 radical (unpaired) electrons. The minimum Gasteiger partial charge on any atom is -0.490 e. The molecule has 7 nitrogen and oxygen atoms in total. The van der Waals surface area contributed by atoms with E-state index in [2.05, 4.69) is 4.98 Å². The van der Waals surface area contributed by atoms with Crippen LogP contribution in [0, 0.1) is 6.92 Å². The summed E-state index contributed by atoms with van der Waals surface area (Å²) >= 11 is 7.71. The average molecular weight is 526 g/mol. The first-order chi connectivity index (χ1) is 17.4. The molecule has 0 fully saturated rings. The van der Waals surface area contributed by atoms with Gasteiger partial charge in [-0.15, -0.1) is 0 Å². The van der Waals surface area contributed by atoms with E-state index in [-0.39, 0.29) is 5.91 Å². The Morgan fingerprint density at radius 3 is 2.22 bits per heavy atom. The zero-order valence-corrected chi connectivity index (χ0v) is 22.3. The van der Waals surface area contributed by atoms with Crippen molar-refractivity contribution in [3.05, 3.63) is 70.5 Å². The second-order valence-electron chi connectivity index (χ2n) is 7.91. The van der Waals surface area contributed by atoms with Gasteiger partial charge < -0.3 is 14.2 Å². The summed E-state index contributed by atoms with van der Waals surface area (Å²) in [6.07, 6.45) is 3.41. The first-order valence-corrected chi connectivity index (χ1v) is 13.0. The molecule has 0 saturated carbocycles. The molecule has 2 heterocycles. The van der Waals surface area contributed by atoms with Crippen molar-refractivity contribution in [1.29, 1.82) is 0 Å². The molecule has 4 aromatic rings. The van der Waals surface area contributed by atoms with Gasteiger partial charge in [0, 0.05) is 23.0 Å². The summed E-state index contributed by atoms with van der Waals surface area (Å²) in [6.45, 7) is 9.21. The van der Waals surface area contributed by atoms with Crippen LogP contribution in [0.3, 0.4) is 0 Å². The lowest BCUT2D eigenvalue weighted by Crippen LogP contribution is -2.30. The molecule has 9 heteroatoms. The van der Waals surface area contributed by atoms with Crippen LogP contribution < -0.4 is 19.1 Å². The zero-order chi connectivity index (χ0) is 25.7. The fourth-order valence-corrected chi connectivity index (χ4v) is 5.24. The fraction of sp³-hybridized carbons (Fsp3) is 0.296. The lowest BCUT2D eigenvalue weighted by molar-refractivity contribution is 0.0984. The van der Waals surface area contributed by atoms with Crippen molar-refractivity contribution in [2.75, 3.05) is 24.7 Å². The van der Waals surface area contributed by atoms with Crippen molar-refractivity contribution < 1.29 is 19.0 Å². The molecular weight excluding hydrogens is 498 g/mol. The minimum absolute atomic E-state index is 0.237. The summed E-state index contributed by atoms with van der Waals surface area (Å²) in [5.74, 6) is 1.18. The van der Waals surface area contributed by atoms with Crippen LogP contribution in [0.5, 0.6) is 17.2 Å². The number of aromatic nitrogens is 2. The summed E-state index contributed by atoms with van der Waals surface area (Å²) in [7, 11) is 0. The van der Waals surface area contributed by atoms with Crippen LogP contribution in [0.15, 0.2) is 48.8 Å². The van der Waals surface area contributed by atoms with E-state index in [9.17, 15) is 4.79 Å². The van der Waals surface area contributed by atoms with Gasteiger partial charge in [0.15, 0.2) is 16.6 Å². The zero-order valence-electron chi connectivity index (χ0n) is 20.7.